The van der Waals surface area contributed by atoms with E-state index in [-0.39, 0.29) is 5.91 Å². The van der Waals surface area contributed by atoms with Gasteiger partial charge in [-0.1, -0.05) is 36.4 Å². The number of para-hydroxylation sites is 1. The van der Waals surface area contributed by atoms with Crippen molar-refractivity contribution in [3.8, 4) is 10.6 Å². The van der Waals surface area contributed by atoms with E-state index in [1.54, 1.807) is 11.3 Å². The Morgan fingerprint density at radius 1 is 1.00 bits per heavy atom. The maximum absolute atomic E-state index is 12.9. The summed E-state index contributed by atoms with van der Waals surface area (Å²) in [6.07, 6.45) is 0. The van der Waals surface area contributed by atoms with Gasteiger partial charge < -0.3 is 9.73 Å². The minimum atomic E-state index is -0.252. The van der Waals surface area contributed by atoms with Gasteiger partial charge in [-0.3, -0.25) is 4.79 Å². The summed E-state index contributed by atoms with van der Waals surface area (Å²) in [5.74, 6) is 0.0915. The van der Waals surface area contributed by atoms with Crippen LogP contribution in [-0.2, 0) is 0 Å². The summed E-state index contributed by atoms with van der Waals surface area (Å²) in [7, 11) is 0. The molecule has 29 heavy (non-hydrogen) atoms. The van der Waals surface area contributed by atoms with Crippen LogP contribution in [0.3, 0.4) is 0 Å². The molecular weight excluding hydrogens is 380 g/mol. The fraction of sp³-hybridized carbons (Fsp3) is 0.0833. The van der Waals surface area contributed by atoms with Crippen LogP contribution in [0.4, 0.5) is 5.69 Å². The lowest BCUT2D eigenvalue weighted by atomic mass is 10.1. The number of carbonyl (C=O) groups is 1. The summed E-state index contributed by atoms with van der Waals surface area (Å²) in [6.45, 7) is 3.91. The van der Waals surface area contributed by atoms with Crippen molar-refractivity contribution >= 4 is 44.1 Å². The fourth-order valence-electron chi connectivity index (χ4n) is 3.46. The number of amides is 1. The van der Waals surface area contributed by atoms with Gasteiger partial charge in [0.2, 0.25) is 0 Å². The Bertz CT molecular complexity index is 1350. The van der Waals surface area contributed by atoms with Crippen molar-refractivity contribution in [3.63, 3.8) is 0 Å². The number of hydrogen-bond acceptors (Lipinski definition) is 4. The third-order valence-electron chi connectivity index (χ3n) is 4.96. The van der Waals surface area contributed by atoms with E-state index in [2.05, 4.69) is 11.4 Å². The first kappa shape index (κ1) is 17.6. The molecule has 1 N–H and O–H groups in total. The van der Waals surface area contributed by atoms with E-state index in [0.29, 0.717) is 11.4 Å². The molecule has 4 nitrogen and oxygen atoms in total. The van der Waals surface area contributed by atoms with Gasteiger partial charge in [0.1, 0.15) is 10.6 Å². The van der Waals surface area contributed by atoms with Crippen LogP contribution in [0.5, 0.6) is 0 Å². The number of anilines is 1. The van der Waals surface area contributed by atoms with Crippen molar-refractivity contribution in [1.29, 1.82) is 0 Å². The van der Waals surface area contributed by atoms with E-state index in [1.807, 2.05) is 74.5 Å². The predicted octanol–water partition coefficient (Wildman–Crippen LogP) is 6.58. The highest BCUT2D eigenvalue weighted by Gasteiger charge is 2.18. The Morgan fingerprint density at radius 2 is 1.86 bits per heavy atom. The standard InChI is InChI=1S/C24H18N2O2S/c1-14-10-11-18-15(2)22(28-20(18)12-14)23(27)25-17-7-5-6-16(13-17)24-26-19-8-3-4-9-21(19)29-24/h3-13H,1-2H3,(H,25,27). The number of furan rings is 1. The second-order valence-corrected chi connectivity index (χ2v) is 8.11. The van der Waals surface area contributed by atoms with Crippen LogP contribution in [0.25, 0.3) is 31.8 Å². The van der Waals surface area contributed by atoms with E-state index < -0.39 is 0 Å². The van der Waals surface area contributed by atoms with Crippen LogP contribution in [0.15, 0.2) is 71.1 Å². The topological polar surface area (TPSA) is 55.1 Å². The van der Waals surface area contributed by atoms with E-state index >= 15 is 0 Å². The second-order valence-electron chi connectivity index (χ2n) is 7.08. The maximum Gasteiger partial charge on any atom is 0.291 e. The molecule has 5 rings (SSSR count). The van der Waals surface area contributed by atoms with Crippen LogP contribution in [0.1, 0.15) is 21.7 Å². The molecule has 0 saturated carbocycles. The summed E-state index contributed by atoms with van der Waals surface area (Å²) in [4.78, 5) is 17.6. The molecule has 0 aliphatic carbocycles. The fourth-order valence-corrected chi connectivity index (χ4v) is 4.42. The lowest BCUT2D eigenvalue weighted by molar-refractivity contribution is 0.0998. The van der Waals surface area contributed by atoms with Crippen LogP contribution in [0.2, 0.25) is 0 Å². The molecule has 0 aliphatic rings. The molecule has 0 bridgehead atoms. The van der Waals surface area contributed by atoms with Crippen LogP contribution in [0, 0.1) is 13.8 Å². The van der Waals surface area contributed by atoms with Crippen LogP contribution >= 0.6 is 11.3 Å². The minimum Gasteiger partial charge on any atom is -0.451 e. The van der Waals surface area contributed by atoms with E-state index in [1.165, 1.54) is 0 Å². The molecule has 0 aliphatic heterocycles. The second kappa shape index (κ2) is 6.87. The number of carbonyl (C=O) groups excluding carboxylic acids is 1. The highest BCUT2D eigenvalue weighted by atomic mass is 32.1. The Hall–Kier alpha value is -3.44. The number of fused-ring (bicyclic) bond motifs is 2. The smallest absolute Gasteiger partial charge is 0.291 e. The monoisotopic (exact) mass is 398 g/mol. The average Bonchev–Trinajstić information content (AvgIpc) is 3.29. The Morgan fingerprint density at radius 3 is 2.72 bits per heavy atom. The molecule has 0 fully saturated rings. The molecule has 0 saturated heterocycles. The Kier molecular flexibility index (Phi) is 4.18. The number of aromatic nitrogens is 1. The van der Waals surface area contributed by atoms with Gasteiger partial charge in [0.05, 0.1) is 10.2 Å². The quantitative estimate of drug-likeness (QED) is 0.373. The predicted molar refractivity (Wildman–Crippen MR) is 119 cm³/mol. The highest BCUT2D eigenvalue weighted by Crippen LogP contribution is 2.32. The van der Waals surface area contributed by atoms with E-state index in [9.17, 15) is 4.79 Å². The molecule has 0 spiro atoms. The van der Waals surface area contributed by atoms with Gasteiger partial charge in [-0.25, -0.2) is 4.98 Å². The Balaban J connectivity index is 1.46. The molecule has 142 valence electrons. The molecule has 5 heteroatoms. The zero-order chi connectivity index (χ0) is 20.0. The number of hydrogen-bond donors (Lipinski definition) is 1. The van der Waals surface area contributed by atoms with Crippen LogP contribution in [-0.4, -0.2) is 10.9 Å². The first-order valence-electron chi connectivity index (χ1n) is 9.35. The van der Waals surface area contributed by atoms with Crippen molar-refractivity contribution < 1.29 is 9.21 Å². The maximum atomic E-state index is 12.9. The number of thiazole rings is 1. The molecule has 5 aromatic rings. The summed E-state index contributed by atoms with van der Waals surface area (Å²) >= 11 is 1.64. The molecule has 0 unspecified atom stereocenters. The van der Waals surface area contributed by atoms with Crippen molar-refractivity contribution in [2.75, 3.05) is 5.32 Å². The van der Waals surface area contributed by atoms with E-state index in [0.717, 1.165) is 42.9 Å². The van der Waals surface area contributed by atoms with Crippen molar-refractivity contribution in [2.24, 2.45) is 0 Å². The zero-order valence-corrected chi connectivity index (χ0v) is 16.8. The normalized spacial score (nSPS) is 11.2. The average molecular weight is 398 g/mol. The number of nitrogens with zero attached hydrogens (tertiary/aromatic N) is 1. The number of nitrogens with one attached hydrogen (secondary N) is 1. The van der Waals surface area contributed by atoms with Gasteiger partial charge >= 0.3 is 0 Å². The van der Waals surface area contributed by atoms with Crippen molar-refractivity contribution in [1.82, 2.24) is 4.98 Å². The lowest BCUT2D eigenvalue weighted by Gasteiger charge is -2.05. The molecule has 0 radical (unpaired) electrons. The lowest BCUT2D eigenvalue weighted by Crippen LogP contribution is -2.12. The molecule has 1 amide bonds. The molecule has 2 heterocycles. The van der Waals surface area contributed by atoms with Gasteiger partial charge in [0.15, 0.2) is 5.76 Å². The molecule has 0 atom stereocenters. The third-order valence-corrected chi connectivity index (χ3v) is 6.05. The van der Waals surface area contributed by atoms with E-state index in [4.69, 9.17) is 9.40 Å². The SMILES string of the molecule is Cc1ccc2c(C)c(C(=O)Nc3cccc(-c4nc5ccccc5s4)c3)oc2c1. The summed E-state index contributed by atoms with van der Waals surface area (Å²) in [5, 5.41) is 4.85. The molecule has 3 aromatic carbocycles. The van der Waals surface area contributed by atoms with Gasteiger partial charge in [-0.05, 0) is 49.7 Å². The number of benzene rings is 3. The van der Waals surface area contributed by atoms with Crippen molar-refractivity contribution in [3.05, 3.63) is 83.6 Å². The highest BCUT2D eigenvalue weighted by molar-refractivity contribution is 7.21. The largest absolute Gasteiger partial charge is 0.451 e. The molecule has 2 aromatic heterocycles. The third kappa shape index (κ3) is 3.19. The summed E-state index contributed by atoms with van der Waals surface area (Å²) < 4.78 is 6.99. The molecular formula is C24H18N2O2S. The van der Waals surface area contributed by atoms with Gasteiger partial charge in [0, 0.05) is 22.2 Å². The van der Waals surface area contributed by atoms with Gasteiger partial charge in [-0.2, -0.15) is 0 Å². The van der Waals surface area contributed by atoms with Gasteiger partial charge in [0.25, 0.3) is 5.91 Å². The minimum absolute atomic E-state index is 0.252. The summed E-state index contributed by atoms with van der Waals surface area (Å²) in [6, 6.07) is 21.8. The zero-order valence-electron chi connectivity index (χ0n) is 16.0. The Labute approximate surface area is 171 Å². The van der Waals surface area contributed by atoms with Crippen molar-refractivity contribution in [2.45, 2.75) is 13.8 Å². The van der Waals surface area contributed by atoms with Gasteiger partial charge in [-0.15, -0.1) is 11.3 Å². The first-order chi connectivity index (χ1) is 14.1. The van der Waals surface area contributed by atoms with Crippen LogP contribution < -0.4 is 5.32 Å². The number of rotatable bonds is 3. The summed E-state index contributed by atoms with van der Waals surface area (Å²) in [5.41, 5.74) is 5.34. The number of aryl methyl sites for hydroxylation is 2. The first-order valence-corrected chi connectivity index (χ1v) is 10.2.